The Bertz CT molecular complexity index is 573. The van der Waals surface area contributed by atoms with Gasteiger partial charge in [0.1, 0.15) is 0 Å². The summed E-state index contributed by atoms with van der Waals surface area (Å²) in [5.41, 5.74) is 2.82. The van der Waals surface area contributed by atoms with Gasteiger partial charge in [0.25, 0.3) is 0 Å². The SMILES string of the molecule is CCCCCOC(=O)c1ccc(-c2ccc(Br)cc2)cc1. The van der Waals surface area contributed by atoms with Crippen molar-refractivity contribution in [2.24, 2.45) is 0 Å². The van der Waals surface area contributed by atoms with Gasteiger partial charge in [-0.05, 0) is 41.8 Å². The minimum atomic E-state index is -0.242. The van der Waals surface area contributed by atoms with Crippen LogP contribution < -0.4 is 0 Å². The highest BCUT2D eigenvalue weighted by Gasteiger charge is 2.07. The first-order valence-corrected chi connectivity index (χ1v) is 8.03. The zero-order chi connectivity index (χ0) is 15.1. The van der Waals surface area contributed by atoms with Crippen LogP contribution in [0.25, 0.3) is 11.1 Å². The third-order valence-corrected chi connectivity index (χ3v) is 3.81. The van der Waals surface area contributed by atoms with E-state index < -0.39 is 0 Å². The molecule has 2 rings (SSSR count). The van der Waals surface area contributed by atoms with E-state index in [0.29, 0.717) is 12.2 Å². The van der Waals surface area contributed by atoms with Crippen LogP contribution in [0, 0.1) is 0 Å². The number of benzene rings is 2. The Balaban J connectivity index is 1.98. The van der Waals surface area contributed by atoms with E-state index in [4.69, 9.17) is 4.74 Å². The van der Waals surface area contributed by atoms with E-state index in [2.05, 4.69) is 22.9 Å². The molecule has 0 radical (unpaired) electrons. The van der Waals surface area contributed by atoms with Crippen LogP contribution in [-0.4, -0.2) is 12.6 Å². The van der Waals surface area contributed by atoms with E-state index in [9.17, 15) is 4.79 Å². The van der Waals surface area contributed by atoms with Gasteiger partial charge in [-0.25, -0.2) is 4.79 Å². The van der Waals surface area contributed by atoms with Crippen molar-refractivity contribution < 1.29 is 9.53 Å². The summed E-state index contributed by atoms with van der Waals surface area (Å²) in [6, 6.07) is 15.6. The molecule has 0 bridgehead atoms. The molecule has 0 atom stereocenters. The zero-order valence-electron chi connectivity index (χ0n) is 12.1. The van der Waals surface area contributed by atoms with Gasteiger partial charge < -0.3 is 4.74 Å². The van der Waals surface area contributed by atoms with E-state index >= 15 is 0 Å². The van der Waals surface area contributed by atoms with Crippen molar-refractivity contribution >= 4 is 21.9 Å². The average Bonchev–Trinajstić information content (AvgIpc) is 2.52. The molecule has 0 fully saturated rings. The minimum Gasteiger partial charge on any atom is -0.462 e. The highest BCUT2D eigenvalue weighted by atomic mass is 79.9. The Kier molecular flexibility index (Phi) is 6.00. The molecule has 0 N–H and O–H groups in total. The van der Waals surface area contributed by atoms with Gasteiger partial charge in [0.2, 0.25) is 0 Å². The fraction of sp³-hybridized carbons (Fsp3) is 0.278. The van der Waals surface area contributed by atoms with Crippen LogP contribution in [0.2, 0.25) is 0 Å². The van der Waals surface area contributed by atoms with Crippen LogP contribution >= 0.6 is 15.9 Å². The molecule has 2 nitrogen and oxygen atoms in total. The molecule has 110 valence electrons. The summed E-state index contributed by atoms with van der Waals surface area (Å²) < 4.78 is 6.30. The molecule has 0 saturated carbocycles. The molecule has 0 aliphatic heterocycles. The predicted octanol–water partition coefficient (Wildman–Crippen LogP) is 5.46. The second kappa shape index (κ2) is 7.99. The molecule has 3 heteroatoms. The smallest absolute Gasteiger partial charge is 0.338 e. The van der Waals surface area contributed by atoms with Gasteiger partial charge in [0.15, 0.2) is 0 Å². The van der Waals surface area contributed by atoms with Crippen molar-refractivity contribution in [1.29, 1.82) is 0 Å². The highest BCUT2D eigenvalue weighted by Crippen LogP contribution is 2.22. The van der Waals surface area contributed by atoms with Gasteiger partial charge in [-0.1, -0.05) is 60.0 Å². The van der Waals surface area contributed by atoms with Gasteiger partial charge in [-0.3, -0.25) is 0 Å². The second-order valence-electron chi connectivity index (χ2n) is 4.93. The molecule has 0 amide bonds. The molecule has 0 spiro atoms. The molecule has 0 unspecified atom stereocenters. The molecule has 2 aromatic rings. The molecule has 21 heavy (non-hydrogen) atoms. The highest BCUT2D eigenvalue weighted by molar-refractivity contribution is 9.10. The fourth-order valence-corrected chi connectivity index (χ4v) is 2.31. The van der Waals surface area contributed by atoms with E-state index in [0.717, 1.165) is 34.9 Å². The Morgan fingerprint density at radius 2 is 1.52 bits per heavy atom. The monoisotopic (exact) mass is 346 g/mol. The quantitative estimate of drug-likeness (QED) is 0.512. The van der Waals surface area contributed by atoms with Crippen LogP contribution in [0.3, 0.4) is 0 Å². The lowest BCUT2D eigenvalue weighted by Crippen LogP contribution is -2.06. The number of hydrogen-bond donors (Lipinski definition) is 0. The summed E-state index contributed by atoms with van der Waals surface area (Å²) in [6.45, 7) is 2.63. The standard InChI is InChI=1S/C18H19BrO2/c1-2-3-4-13-21-18(20)16-7-5-14(6-8-16)15-9-11-17(19)12-10-15/h5-12H,2-4,13H2,1H3. The van der Waals surface area contributed by atoms with Gasteiger partial charge in [0.05, 0.1) is 12.2 Å². The van der Waals surface area contributed by atoms with Crippen LogP contribution in [0.15, 0.2) is 53.0 Å². The van der Waals surface area contributed by atoms with Gasteiger partial charge in [0, 0.05) is 4.47 Å². The number of carbonyl (C=O) groups excluding carboxylic acids is 1. The van der Waals surface area contributed by atoms with Crippen molar-refractivity contribution in [2.75, 3.05) is 6.61 Å². The van der Waals surface area contributed by atoms with Crippen LogP contribution in [-0.2, 0) is 4.74 Å². The van der Waals surface area contributed by atoms with Gasteiger partial charge in [-0.2, -0.15) is 0 Å². The van der Waals surface area contributed by atoms with Crippen molar-refractivity contribution in [3.05, 3.63) is 58.6 Å². The summed E-state index contributed by atoms with van der Waals surface area (Å²) in [4.78, 5) is 11.9. The third kappa shape index (κ3) is 4.71. The Hall–Kier alpha value is -1.61. The van der Waals surface area contributed by atoms with Crippen molar-refractivity contribution in [1.82, 2.24) is 0 Å². The second-order valence-corrected chi connectivity index (χ2v) is 5.84. The minimum absolute atomic E-state index is 0.242. The van der Waals surface area contributed by atoms with Crippen molar-refractivity contribution in [2.45, 2.75) is 26.2 Å². The molecule has 0 heterocycles. The summed E-state index contributed by atoms with van der Waals surface area (Å²) in [6.07, 6.45) is 3.15. The maximum atomic E-state index is 11.9. The number of carbonyl (C=O) groups is 1. The summed E-state index contributed by atoms with van der Waals surface area (Å²) in [5.74, 6) is -0.242. The summed E-state index contributed by atoms with van der Waals surface area (Å²) in [5, 5.41) is 0. The van der Waals surface area contributed by atoms with Gasteiger partial charge >= 0.3 is 5.97 Å². The summed E-state index contributed by atoms with van der Waals surface area (Å²) >= 11 is 3.42. The average molecular weight is 347 g/mol. The molecule has 0 aliphatic rings. The van der Waals surface area contributed by atoms with E-state index in [1.54, 1.807) is 0 Å². The lowest BCUT2D eigenvalue weighted by Gasteiger charge is -2.06. The van der Waals surface area contributed by atoms with Gasteiger partial charge in [-0.15, -0.1) is 0 Å². The molecule has 2 aromatic carbocycles. The molecule has 0 saturated heterocycles. The lowest BCUT2D eigenvalue weighted by molar-refractivity contribution is 0.0498. The molecular weight excluding hydrogens is 328 g/mol. The maximum Gasteiger partial charge on any atom is 0.338 e. The third-order valence-electron chi connectivity index (χ3n) is 3.28. The van der Waals surface area contributed by atoms with Crippen LogP contribution in [0.5, 0.6) is 0 Å². The number of esters is 1. The largest absolute Gasteiger partial charge is 0.462 e. The number of halogens is 1. The normalized spacial score (nSPS) is 10.4. The lowest BCUT2D eigenvalue weighted by atomic mass is 10.0. The Morgan fingerprint density at radius 1 is 0.952 bits per heavy atom. The van der Waals surface area contributed by atoms with Crippen molar-refractivity contribution in [3.63, 3.8) is 0 Å². The van der Waals surface area contributed by atoms with Crippen LogP contribution in [0.4, 0.5) is 0 Å². The zero-order valence-corrected chi connectivity index (χ0v) is 13.7. The predicted molar refractivity (Wildman–Crippen MR) is 89.4 cm³/mol. The number of ether oxygens (including phenoxy) is 1. The topological polar surface area (TPSA) is 26.3 Å². The maximum absolute atomic E-state index is 11.9. The molecular formula is C18H19BrO2. The molecule has 0 aliphatic carbocycles. The molecule has 0 aromatic heterocycles. The summed E-state index contributed by atoms with van der Waals surface area (Å²) in [7, 11) is 0. The van der Waals surface area contributed by atoms with E-state index in [-0.39, 0.29) is 5.97 Å². The van der Waals surface area contributed by atoms with Crippen molar-refractivity contribution in [3.8, 4) is 11.1 Å². The number of unbranched alkanes of at least 4 members (excludes halogenated alkanes) is 2. The first-order chi connectivity index (χ1) is 10.2. The first-order valence-electron chi connectivity index (χ1n) is 7.24. The van der Waals surface area contributed by atoms with E-state index in [1.165, 1.54) is 0 Å². The Morgan fingerprint density at radius 3 is 2.10 bits per heavy atom. The number of rotatable bonds is 6. The van der Waals surface area contributed by atoms with Crippen LogP contribution in [0.1, 0.15) is 36.5 Å². The fourth-order valence-electron chi connectivity index (χ4n) is 2.04. The first kappa shape index (κ1) is 15.8. The Labute approximate surface area is 134 Å². The van der Waals surface area contributed by atoms with E-state index in [1.807, 2.05) is 48.5 Å². The number of hydrogen-bond acceptors (Lipinski definition) is 2.